The summed E-state index contributed by atoms with van der Waals surface area (Å²) in [4.78, 5) is 22.6. The lowest BCUT2D eigenvalue weighted by atomic mass is 9.59. The van der Waals surface area contributed by atoms with Crippen molar-refractivity contribution in [3.63, 3.8) is 0 Å². The number of carbonyl (C=O) groups is 1. The molecule has 1 saturated heterocycles. The number of alkyl halides is 3. The molecule has 5 rings (SSSR count). The Morgan fingerprint density at radius 3 is 2.46 bits per heavy atom. The predicted octanol–water partition coefficient (Wildman–Crippen LogP) is 2.38. The van der Waals surface area contributed by atoms with Crippen LogP contribution in [-0.4, -0.2) is 27.6 Å². The van der Waals surface area contributed by atoms with Crippen LogP contribution in [0.5, 0.6) is 0 Å². The van der Waals surface area contributed by atoms with Crippen LogP contribution in [0.3, 0.4) is 0 Å². The van der Waals surface area contributed by atoms with Crippen molar-refractivity contribution < 1.29 is 28.0 Å². The number of anilines is 1. The van der Waals surface area contributed by atoms with Gasteiger partial charge < -0.3 is 5.11 Å². The van der Waals surface area contributed by atoms with Crippen molar-refractivity contribution in [1.29, 1.82) is 0 Å². The number of nitrogens with zero attached hydrogens (tertiary/aromatic N) is 2. The zero-order valence-electron chi connectivity index (χ0n) is 13.5. The van der Waals surface area contributed by atoms with E-state index in [0.29, 0.717) is 18.9 Å². The Morgan fingerprint density at radius 1 is 1.27 bits per heavy atom. The van der Waals surface area contributed by atoms with E-state index < -0.39 is 39.9 Å². The average molecular weight is 371 g/mol. The van der Waals surface area contributed by atoms with Crippen LogP contribution in [0.2, 0.25) is 0 Å². The maximum atomic E-state index is 13.2. The van der Waals surface area contributed by atoms with Gasteiger partial charge in [0.25, 0.3) is 11.6 Å². The molecule has 10 heteroatoms. The van der Waals surface area contributed by atoms with Gasteiger partial charge in [0.2, 0.25) is 0 Å². The van der Waals surface area contributed by atoms with E-state index in [4.69, 9.17) is 0 Å². The van der Waals surface area contributed by atoms with Crippen molar-refractivity contribution in [1.82, 2.24) is 5.43 Å². The zero-order valence-corrected chi connectivity index (χ0v) is 13.5. The third-order valence-electron chi connectivity index (χ3n) is 5.89. The second kappa shape index (κ2) is 5.40. The number of hydrogen-bond donors (Lipinski definition) is 2. The number of nitro groups is 1. The molecule has 2 N–H and O–H groups in total. The Balaban J connectivity index is 1.75. The molecular formula is C16H16F3N3O4. The number of hydrazine groups is 1. The van der Waals surface area contributed by atoms with Crippen molar-refractivity contribution >= 4 is 17.3 Å². The van der Waals surface area contributed by atoms with Gasteiger partial charge in [0, 0.05) is 6.07 Å². The van der Waals surface area contributed by atoms with E-state index >= 15 is 0 Å². The van der Waals surface area contributed by atoms with E-state index in [1.54, 1.807) is 0 Å². The summed E-state index contributed by atoms with van der Waals surface area (Å²) in [6.07, 6.45) is -1.84. The first-order valence-electron chi connectivity index (χ1n) is 8.32. The van der Waals surface area contributed by atoms with Gasteiger partial charge in [-0.1, -0.05) is 0 Å². The van der Waals surface area contributed by atoms with Crippen LogP contribution < -0.4 is 10.4 Å². The van der Waals surface area contributed by atoms with E-state index in [-0.39, 0.29) is 17.5 Å². The van der Waals surface area contributed by atoms with E-state index in [1.165, 1.54) is 0 Å². The number of nitrogens with one attached hydrogen (secondary N) is 1. The van der Waals surface area contributed by atoms with Crippen LogP contribution >= 0.6 is 0 Å². The number of benzene rings is 1. The second-order valence-electron chi connectivity index (χ2n) is 7.14. The lowest BCUT2D eigenvalue weighted by Gasteiger charge is -2.48. The zero-order chi connectivity index (χ0) is 18.9. The molecule has 2 atom stereocenters. The van der Waals surface area contributed by atoms with Gasteiger partial charge in [0.1, 0.15) is 5.56 Å². The topological polar surface area (TPSA) is 95.7 Å². The minimum Gasteiger partial charge on any atom is -0.378 e. The fourth-order valence-corrected chi connectivity index (χ4v) is 4.64. The predicted molar refractivity (Wildman–Crippen MR) is 82.9 cm³/mol. The van der Waals surface area contributed by atoms with Gasteiger partial charge >= 0.3 is 6.18 Å². The highest BCUT2D eigenvalue weighted by atomic mass is 19.4. The average Bonchev–Trinajstić information content (AvgIpc) is 2.89. The maximum absolute atomic E-state index is 13.2. The summed E-state index contributed by atoms with van der Waals surface area (Å²) >= 11 is 0. The molecule has 1 heterocycles. The first-order valence-corrected chi connectivity index (χ1v) is 8.32. The summed E-state index contributed by atoms with van der Waals surface area (Å²) in [7, 11) is 0. The number of carbonyl (C=O) groups excluding carboxylic acids is 1. The van der Waals surface area contributed by atoms with Crippen molar-refractivity contribution in [3.05, 3.63) is 33.9 Å². The van der Waals surface area contributed by atoms with E-state index in [2.05, 4.69) is 5.43 Å². The van der Waals surface area contributed by atoms with E-state index in [0.717, 1.165) is 30.0 Å². The van der Waals surface area contributed by atoms with Crippen LogP contribution in [-0.2, 0) is 11.0 Å². The molecule has 0 aromatic heterocycles. The normalized spacial score (nSPS) is 33.5. The summed E-state index contributed by atoms with van der Waals surface area (Å²) in [5, 5.41) is 22.8. The van der Waals surface area contributed by atoms with Crippen molar-refractivity contribution in [2.75, 3.05) is 5.01 Å². The molecule has 1 aromatic carbocycles. The molecule has 0 spiro atoms. The number of nitro benzene ring substituents is 1. The second-order valence-corrected chi connectivity index (χ2v) is 7.14. The van der Waals surface area contributed by atoms with Crippen molar-refractivity contribution in [2.45, 2.75) is 43.5 Å². The van der Waals surface area contributed by atoms with Crippen molar-refractivity contribution in [3.8, 4) is 0 Å². The van der Waals surface area contributed by atoms with Gasteiger partial charge in [0.05, 0.1) is 16.7 Å². The molecule has 2 bridgehead atoms. The maximum Gasteiger partial charge on any atom is 0.423 e. The first-order chi connectivity index (χ1) is 12.1. The molecule has 1 amide bonds. The first kappa shape index (κ1) is 17.2. The molecule has 4 aliphatic rings. The Bertz CT molecular complexity index is 791. The highest BCUT2D eigenvalue weighted by molar-refractivity contribution is 6.02. The lowest BCUT2D eigenvalue weighted by molar-refractivity contribution is -0.388. The van der Waals surface area contributed by atoms with Gasteiger partial charge in [0.15, 0.2) is 5.60 Å². The smallest absolute Gasteiger partial charge is 0.378 e. The monoisotopic (exact) mass is 371 g/mol. The standard InChI is InChI=1S/C16H16F3N3O4/c17-16(18,19)11-7-10(5-6-12(11)22(25)26)21-14(23)15(24)9-3-1-8(2-4-9)13(15)20-21/h5-9,13,20,24H,1-4H2/t8?,9?,13-,15-/m0/s1. The highest BCUT2D eigenvalue weighted by Gasteiger charge is 2.64. The van der Waals surface area contributed by atoms with Crippen LogP contribution in [0.25, 0.3) is 0 Å². The molecule has 3 saturated carbocycles. The molecule has 1 aromatic rings. The molecule has 26 heavy (non-hydrogen) atoms. The number of fused-ring (bicyclic) bond motifs is 2. The Kier molecular flexibility index (Phi) is 3.58. The Labute approximate surface area is 145 Å². The highest BCUT2D eigenvalue weighted by Crippen LogP contribution is 2.51. The van der Waals surface area contributed by atoms with Crippen LogP contribution in [0.15, 0.2) is 18.2 Å². The van der Waals surface area contributed by atoms with Crippen LogP contribution in [0.1, 0.15) is 31.2 Å². The minimum atomic E-state index is -4.94. The molecule has 1 aliphatic heterocycles. The number of amides is 1. The number of rotatable bonds is 2. The third-order valence-corrected chi connectivity index (χ3v) is 5.89. The van der Waals surface area contributed by atoms with Gasteiger partial charge in [-0.25, -0.2) is 10.4 Å². The quantitative estimate of drug-likeness (QED) is 0.615. The summed E-state index contributed by atoms with van der Waals surface area (Å²) in [6, 6.07) is 1.84. The Hall–Kier alpha value is -2.20. The lowest BCUT2D eigenvalue weighted by Crippen LogP contribution is -2.61. The van der Waals surface area contributed by atoms with Crippen molar-refractivity contribution in [2.24, 2.45) is 11.8 Å². The summed E-state index contributed by atoms with van der Waals surface area (Å²) < 4.78 is 39.6. The van der Waals surface area contributed by atoms with Gasteiger partial charge in [-0.2, -0.15) is 13.2 Å². The fraction of sp³-hybridized carbons (Fsp3) is 0.562. The summed E-state index contributed by atoms with van der Waals surface area (Å²) in [5.41, 5.74) is -1.46. The van der Waals surface area contributed by atoms with Gasteiger partial charge in [-0.3, -0.25) is 14.9 Å². The minimum absolute atomic E-state index is 0.0686. The molecule has 0 unspecified atom stereocenters. The number of hydrogen-bond acceptors (Lipinski definition) is 5. The Morgan fingerprint density at radius 2 is 1.92 bits per heavy atom. The van der Waals surface area contributed by atoms with Crippen LogP contribution in [0, 0.1) is 22.0 Å². The van der Waals surface area contributed by atoms with E-state index in [9.17, 15) is 33.2 Å². The van der Waals surface area contributed by atoms with E-state index in [1.807, 2.05) is 0 Å². The van der Waals surface area contributed by atoms with Gasteiger partial charge in [-0.15, -0.1) is 0 Å². The van der Waals surface area contributed by atoms with Crippen LogP contribution in [0.4, 0.5) is 24.5 Å². The fourth-order valence-electron chi connectivity index (χ4n) is 4.64. The molecule has 7 nitrogen and oxygen atoms in total. The summed E-state index contributed by atoms with van der Waals surface area (Å²) in [5.74, 6) is -0.861. The molecule has 3 aliphatic carbocycles. The largest absolute Gasteiger partial charge is 0.423 e. The SMILES string of the molecule is O=C1N(c2ccc([N+](=O)[O-])c(C(F)(F)F)c2)N[C@H]2C3CCC(CC3)[C@@]12O. The molecule has 4 fully saturated rings. The molecule has 0 radical (unpaired) electrons. The van der Waals surface area contributed by atoms with Gasteiger partial charge in [-0.05, 0) is 49.7 Å². The number of halogens is 3. The third kappa shape index (κ3) is 2.25. The number of aliphatic hydroxyl groups is 1. The summed E-state index contributed by atoms with van der Waals surface area (Å²) in [6.45, 7) is 0. The molecular weight excluding hydrogens is 355 g/mol. The molecule has 140 valence electrons.